The lowest BCUT2D eigenvalue weighted by Gasteiger charge is -2.45. The number of carbonyl (C=O) groups is 1. The SMILES string of the molecule is CCOC(=O)C1CCN(S(=O)(=O)N2CC(C)(O)C2)CC1. The highest BCUT2D eigenvalue weighted by Crippen LogP contribution is 2.28. The Hall–Kier alpha value is -0.700. The second-order valence-corrected chi connectivity index (χ2v) is 7.63. The minimum Gasteiger partial charge on any atom is -0.466 e. The highest BCUT2D eigenvalue weighted by atomic mass is 32.2. The Morgan fingerprint density at radius 1 is 1.30 bits per heavy atom. The van der Waals surface area contributed by atoms with Crippen molar-refractivity contribution in [1.82, 2.24) is 8.61 Å². The zero-order valence-electron chi connectivity index (χ0n) is 11.9. The first-order chi connectivity index (χ1) is 9.26. The van der Waals surface area contributed by atoms with Crippen molar-refractivity contribution in [2.75, 3.05) is 32.8 Å². The molecule has 0 bridgehead atoms. The van der Waals surface area contributed by atoms with Gasteiger partial charge in [-0.3, -0.25) is 4.79 Å². The van der Waals surface area contributed by atoms with E-state index >= 15 is 0 Å². The van der Waals surface area contributed by atoms with E-state index in [0.29, 0.717) is 32.5 Å². The zero-order valence-corrected chi connectivity index (χ0v) is 12.7. The van der Waals surface area contributed by atoms with Gasteiger partial charge in [0.25, 0.3) is 10.2 Å². The van der Waals surface area contributed by atoms with Gasteiger partial charge in [0.05, 0.1) is 18.1 Å². The molecule has 2 rings (SSSR count). The molecule has 0 saturated carbocycles. The third-order valence-electron chi connectivity index (χ3n) is 3.76. The van der Waals surface area contributed by atoms with Gasteiger partial charge in [-0.1, -0.05) is 0 Å². The van der Waals surface area contributed by atoms with E-state index in [9.17, 15) is 18.3 Å². The molecule has 2 heterocycles. The predicted octanol–water partition coefficient (Wildman–Crippen LogP) is -0.427. The summed E-state index contributed by atoms with van der Waals surface area (Å²) in [6.45, 7) is 4.63. The first kappa shape index (κ1) is 15.7. The molecule has 0 aromatic carbocycles. The molecule has 0 aliphatic carbocycles. The molecule has 0 aromatic heterocycles. The molecule has 1 N–H and O–H groups in total. The Kier molecular flexibility index (Phi) is 4.38. The predicted molar refractivity (Wildman–Crippen MR) is 72.0 cm³/mol. The van der Waals surface area contributed by atoms with Gasteiger partial charge < -0.3 is 9.84 Å². The fraction of sp³-hybridized carbons (Fsp3) is 0.917. The molecule has 7 nitrogen and oxygen atoms in total. The van der Waals surface area contributed by atoms with Gasteiger partial charge in [-0.15, -0.1) is 0 Å². The summed E-state index contributed by atoms with van der Waals surface area (Å²) in [4.78, 5) is 11.6. The lowest BCUT2D eigenvalue weighted by molar-refractivity contribution is -0.149. The van der Waals surface area contributed by atoms with Gasteiger partial charge in [0.15, 0.2) is 0 Å². The minimum atomic E-state index is -3.50. The lowest BCUT2D eigenvalue weighted by Crippen LogP contribution is -2.64. The van der Waals surface area contributed by atoms with E-state index in [4.69, 9.17) is 4.74 Å². The minimum absolute atomic E-state index is 0.132. The summed E-state index contributed by atoms with van der Waals surface area (Å²) in [7, 11) is -3.50. The smallest absolute Gasteiger partial charge is 0.309 e. The van der Waals surface area contributed by atoms with Crippen molar-refractivity contribution in [2.24, 2.45) is 5.92 Å². The molecule has 116 valence electrons. The maximum absolute atomic E-state index is 12.3. The average molecular weight is 306 g/mol. The molecular weight excluding hydrogens is 284 g/mol. The number of nitrogens with zero attached hydrogens (tertiary/aromatic N) is 2. The highest BCUT2D eigenvalue weighted by molar-refractivity contribution is 7.86. The topological polar surface area (TPSA) is 87.2 Å². The Balaban J connectivity index is 1.89. The van der Waals surface area contributed by atoms with Crippen LogP contribution in [-0.4, -0.2) is 66.5 Å². The van der Waals surface area contributed by atoms with Crippen LogP contribution in [0, 0.1) is 5.92 Å². The van der Waals surface area contributed by atoms with Gasteiger partial charge >= 0.3 is 5.97 Å². The van der Waals surface area contributed by atoms with Crippen LogP contribution in [0.4, 0.5) is 0 Å². The molecule has 20 heavy (non-hydrogen) atoms. The first-order valence-corrected chi connectivity index (χ1v) is 8.30. The van der Waals surface area contributed by atoms with Gasteiger partial charge in [-0.25, -0.2) is 0 Å². The van der Waals surface area contributed by atoms with Crippen molar-refractivity contribution in [1.29, 1.82) is 0 Å². The van der Waals surface area contributed by atoms with E-state index in [1.54, 1.807) is 13.8 Å². The number of carbonyl (C=O) groups excluding carboxylic acids is 1. The van der Waals surface area contributed by atoms with Crippen molar-refractivity contribution in [3.8, 4) is 0 Å². The van der Waals surface area contributed by atoms with E-state index < -0.39 is 15.8 Å². The van der Waals surface area contributed by atoms with Crippen molar-refractivity contribution < 1.29 is 23.1 Å². The van der Waals surface area contributed by atoms with Gasteiger partial charge in [0, 0.05) is 26.2 Å². The van der Waals surface area contributed by atoms with Crippen molar-refractivity contribution in [2.45, 2.75) is 32.3 Å². The van der Waals surface area contributed by atoms with Crippen molar-refractivity contribution in [3.05, 3.63) is 0 Å². The van der Waals surface area contributed by atoms with Crippen LogP contribution in [0.3, 0.4) is 0 Å². The molecule has 8 heteroatoms. The van der Waals surface area contributed by atoms with E-state index in [2.05, 4.69) is 0 Å². The largest absolute Gasteiger partial charge is 0.466 e. The van der Waals surface area contributed by atoms with Crippen LogP contribution in [0.1, 0.15) is 26.7 Å². The summed E-state index contributed by atoms with van der Waals surface area (Å²) < 4.78 is 32.2. The maximum Gasteiger partial charge on any atom is 0.309 e. The number of esters is 1. The van der Waals surface area contributed by atoms with Crippen molar-refractivity contribution >= 4 is 16.2 Å². The van der Waals surface area contributed by atoms with Gasteiger partial charge in [-0.2, -0.15) is 17.0 Å². The van der Waals surface area contributed by atoms with Crippen LogP contribution < -0.4 is 0 Å². The quantitative estimate of drug-likeness (QED) is 0.712. The molecule has 2 aliphatic rings. The summed E-state index contributed by atoms with van der Waals surface area (Å²) in [5, 5.41) is 9.63. The van der Waals surface area contributed by atoms with Crippen molar-refractivity contribution in [3.63, 3.8) is 0 Å². The van der Waals surface area contributed by atoms with Gasteiger partial charge in [-0.05, 0) is 26.7 Å². The number of hydrogen-bond acceptors (Lipinski definition) is 5. The second-order valence-electron chi connectivity index (χ2n) is 5.70. The lowest BCUT2D eigenvalue weighted by atomic mass is 9.98. The molecular formula is C12H22N2O5S. The molecule has 0 spiro atoms. The molecule has 2 saturated heterocycles. The fourth-order valence-corrected chi connectivity index (χ4v) is 4.50. The van der Waals surface area contributed by atoms with Crippen LogP contribution >= 0.6 is 0 Å². The van der Waals surface area contributed by atoms with E-state index in [1.165, 1.54) is 8.61 Å². The van der Waals surface area contributed by atoms with Crippen LogP contribution in [0.5, 0.6) is 0 Å². The summed E-state index contributed by atoms with van der Waals surface area (Å²) in [6.07, 6.45) is 0.977. The second kappa shape index (κ2) is 5.59. The van der Waals surface area contributed by atoms with Gasteiger partial charge in [0.2, 0.25) is 0 Å². The summed E-state index contributed by atoms with van der Waals surface area (Å²) >= 11 is 0. The van der Waals surface area contributed by atoms with E-state index in [-0.39, 0.29) is 25.0 Å². The number of piperidine rings is 1. The number of β-amino-alcohol motifs (C(OH)–C–C–N with tert-alkyl or cyclic N) is 1. The molecule has 0 amide bonds. The Bertz CT molecular complexity index is 460. The Morgan fingerprint density at radius 3 is 2.30 bits per heavy atom. The average Bonchev–Trinajstić information content (AvgIpc) is 2.36. The number of ether oxygens (including phenoxy) is 1. The van der Waals surface area contributed by atoms with Crippen LogP contribution in [0.25, 0.3) is 0 Å². The fourth-order valence-electron chi connectivity index (χ4n) is 2.62. The summed E-state index contributed by atoms with van der Waals surface area (Å²) in [5.74, 6) is -0.447. The molecule has 0 radical (unpaired) electrons. The number of aliphatic hydroxyl groups is 1. The Morgan fingerprint density at radius 2 is 1.85 bits per heavy atom. The van der Waals surface area contributed by atoms with Crippen LogP contribution in [0.2, 0.25) is 0 Å². The summed E-state index contributed by atoms with van der Waals surface area (Å²) in [6, 6.07) is 0. The monoisotopic (exact) mass is 306 g/mol. The highest BCUT2D eigenvalue weighted by Gasteiger charge is 2.46. The van der Waals surface area contributed by atoms with E-state index in [0.717, 1.165) is 0 Å². The number of hydrogen-bond donors (Lipinski definition) is 1. The normalized spacial score (nSPS) is 25.1. The zero-order chi connectivity index (χ0) is 15.0. The van der Waals surface area contributed by atoms with Gasteiger partial charge in [0.1, 0.15) is 0 Å². The van der Waals surface area contributed by atoms with Crippen LogP contribution in [0.15, 0.2) is 0 Å². The third-order valence-corrected chi connectivity index (χ3v) is 5.69. The number of rotatable bonds is 4. The molecule has 2 aliphatic heterocycles. The summed E-state index contributed by atoms with van der Waals surface area (Å²) in [5.41, 5.74) is -0.920. The molecule has 0 unspecified atom stereocenters. The maximum atomic E-state index is 12.3. The van der Waals surface area contributed by atoms with Crippen LogP contribution in [-0.2, 0) is 19.7 Å². The first-order valence-electron chi connectivity index (χ1n) is 6.90. The molecule has 0 atom stereocenters. The standard InChI is InChI=1S/C12H22N2O5S/c1-3-19-11(15)10-4-6-13(7-5-10)20(17,18)14-8-12(2,16)9-14/h10,16H,3-9H2,1-2H3. The van der Waals surface area contributed by atoms with E-state index in [1.807, 2.05) is 0 Å². The third kappa shape index (κ3) is 3.13. The Labute approximate surface area is 119 Å². The molecule has 0 aromatic rings. The molecule has 2 fully saturated rings.